The molecule has 1 N–H and O–H groups in total. The lowest BCUT2D eigenvalue weighted by atomic mass is 9.97. The van der Waals surface area contributed by atoms with Crippen LogP contribution in [0.2, 0.25) is 0 Å². The SMILES string of the molecule is O=C(NCCC1=CCCCC1)c1cc(COc2ccc(-n3cncn3)cc2)on1. The minimum absolute atomic E-state index is 0.190. The fraction of sp³-hybridized carbons (Fsp3) is 0.333. The Kier molecular flexibility index (Phi) is 5.99. The van der Waals surface area contributed by atoms with Crippen LogP contribution in [0.4, 0.5) is 0 Å². The molecule has 3 aromatic rings. The third kappa shape index (κ3) is 5.10. The van der Waals surface area contributed by atoms with Gasteiger partial charge in [-0.2, -0.15) is 5.10 Å². The van der Waals surface area contributed by atoms with Crippen molar-refractivity contribution >= 4 is 5.91 Å². The molecule has 0 bridgehead atoms. The van der Waals surface area contributed by atoms with E-state index in [1.54, 1.807) is 17.1 Å². The Labute approximate surface area is 168 Å². The highest BCUT2D eigenvalue weighted by Gasteiger charge is 2.13. The molecule has 0 atom stereocenters. The average molecular weight is 393 g/mol. The first-order chi connectivity index (χ1) is 14.3. The molecule has 0 spiro atoms. The molecule has 2 heterocycles. The van der Waals surface area contributed by atoms with Gasteiger partial charge in [0.1, 0.15) is 25.0 Å². The number of allylic oxidation sites excluding steroid dienone is 1. The molecule has 0 aliphatic heterocycles. The summed E-state index contributed by atoms with van der Waals surface area (Å²) in [6.45, 7) is 0.803. The van der Waals surface area contributed by atoms with Crippen LogP contribution in [0.25, 0.3) is 5.69 Å². The first-order valence-electron chi connectivity index (χ1n) is 9.77. The topological polar surface area (TPSA) is 95.1 Å². The highest BCUT2D eigenvalue weighted by atomic mass is 16.5. The third-order valence-corrected chi connectivity index (χ3v) is 4.81. The van der Waals surface area contributed by atoms with Crippen LogP contribution in [0, 0.1) is 0 Å². The highest BCUT2D eigenvalue weighted by Crippen LogP contribution is 2.19. The van der Waals surface area contributed by atoms with E-state index in [4.69, 9.17) is 9.26 Å². The van der Waals surface area contributed by atoms with E-state index in [-0.39, 0.29) is 18.2 Å². The number of nitrogens with one attached hydrogen (secondary N) is 1. The van der Waals surface area contributed by atoms with Crippen molar-refractivity contribution in [3.05, 3.63) is 66.1 Å². The standard InChI is InChI=1S/C21H23N5O3/c27-21(23-11-10-16-4-2-1-3-5-16)20-12-19(29-25-20)13-28-18-8-6-17(7-9-18)26-15-22-14-24-26/h4,6-9,12,14-15H,1-3,5,10-11,13H2,(H,23,27). The monoisotopic (exact) mass is 393 g/mol. The number of hydrogen-bond donors (Lipinski definition) is 1. The van der Waals surface area contributed by atoms with Gasteiger partial charge in [-0.1, -0.05) is 16.8 Å². The van der Waals surface area contributed by atoms with Crippen molar-refractivity contribution in [3.63, 3.8) is 0 Å². The minimum atomic E-state index is -0.228. The van der Waals surface area contributed by atoms with E-state index in [9.17, 15) is 4.79 Å². The molecule has 1 aromatic carbocycles. The largest absolute Gasteiger partial charge is 0.486 e. The lowest BCUT2D eigenvalue weighted by molar-refractivity contribution is 0.0944. The van der Waals surface area contributed by atoms with Gasteiger partial charge in [0.15, 0.2) is 11.5 Å². The molecule has 0 unspecified atom stereocenters. The minimum Gasteiger partial charge on any atom is -0.486 e. The summed E-state index contributed by atoms with van der Waals surface area (Å²) in [6.07, 6.45) is 11.1. The zero-order valence-electron chi connectivity index (χ0n) is 16.1. The first kappa shape index (κ1) is 18.9. The lowest BCUT2D eigenvalue weighted by Gasteiger charge is -2.12. The fourth-order valence-electron chi connectivity index (χ4n) is 3.24. The molecule has 1 aliphatic rings. The predicted molar refractivity (Wildman–Crippen MR) is 106 cm³/mol. The Balaban J connectivity index is 1.24. The van der Waals surface area contributed by atoms with Crippen LogP contribution in [0.5, 0.6) is 5.75 Å². The smallest absolute Gasteiger partial charge is 0.273 e. The second kappa shape index (κ2) is 9.18. The van der Waals surface area contributed by atoms with E-state index in [0.29, 0.717) is 18.1 Å². The van der Waals surface area contributed by atoms with Gasteiger partial charge in [-0.25, -0.2) is 9.67 Å². The molecule has 8 nitrogen and oxygen atoms in total. The summed E-state index contributed by atoms with van der Waals surface area (Å²) in [5.74, 6) is 0.941. The molecule has 4 rings (SSSR count). The van der Waals surface area contributed by atoms with Crippen molar-refractivity contribution in [2.45, 2.75) is 38.7 Å². The van der Waals surface area contributed by atoms with Crippen molar-refractivity contribution in [1.29, 1.82) is 0 Å². The maximum absolute atomic E-state index is 12.2. The van der Waals surface area contributed by atoms with Gasteiger partial charge in [0.2, 0.25) is 0 Å². The number of ether oxygens (including phenoxy) is 1. The van der Waals surface area contributed by atoms with Crippen molar-refractivity contribution in [1.82, 2.24) is 25.2 Å². The second-order valence-electron chi connectivity index (χ2n) is 6.92. The quantitative estimate of drug-likeness (QED) is 0.589. The number of nitrogens with zero attached hydrogens (tertiary/aromatic N) is 4. The van der Waals surface area contributed by atoms with Gasteiger partial charge in [0.05, 0.1) is 5.69 Å². The number of carbonyl (C=O) groups excluding carboxylic acids is 1. The van der Waals surface area contributed by atoms with Crippen LogP contribution in [0.3, 0.4) is 0 Å². The number of amides is 1. The summed E-state index contributed by atoms with van der Waals surface area (Å²) >= 11 is 0. The Bertz CT molecular complexity index is 961. The van der Waals surface area contributed by atoms with Crippen LogP contribution >= 0.6 is 0 Å². The summed E-state index contributed by atoms with van der Waals surface area (Å²) in [4.78, 5) is 16.1. The summed E-state index contributed by atoms with van der Waals surface area (Å²) in [5.41, 5.74) is 2.58. The van der Waals surface area contributed by atoms with Gasteiger partial charge in [0.25, 0.3) is 5.91 Å². The van der Waals surface area contributed by atoms with E-state index in [0.717, 1.165) is 24.9 Å². The molecule has 0 saturated carbocycles. The van der Waals surface area contributed by atoms with Gasteiger partial charge in [-0.3, -0.25) is 4.79 Å². The van der Waals surface area contributed by atoms with Crippen molar-refractivity contribution in [2.24, 2.45) is 0 Å². The van der Waals surface area contributed by atoms with Gasteiger partial charge in [0, 0.05) is 12.6 Å². The molecule has 0 saturated heterocycles. The Morgan fingerprint density at radius 1 is 1.24 bits per heavy atom. The number of aromatic nitrogens is 4. The van der Waals surface area contributed by atoms with Gasteiger partial charge < -0.3 is 14.6 Å². The average Bonchev–Trinajstić information content (AvgIpc) is 3.46. The summed E-state index contributed by atoms with van der Waals surface area (Å²) < 4.78 is 12.6. The zero-order chi connectivity index (χ0) is 19.9. The molecule has 0 fully saturated rings. The molecular weight excluding hydrogens is 370 g/mol. The number of rotatable bonds is 8. The molecule has 150 valence electrons. The van der Waals surface area contributed by atoms with Gasteiger partial charge in [-0.15, -0.1) is 0 Å². The lowest BCUT2D eigenvalue weighted by Crippen LogP contribution is -2.25. The van der Waals surface area contributed by atoms with Crippen molar-refractivity contribution < 1.29 is 14.1 Å². The maximum Gasteiger partial charge on any atom is 0.273 e. The molecule has 2 aromatic heterocycles. The van der Waals surface area contributed by atoms with Crippen LogP contribution in [0.1, 0.15) is 48.4 Å². The Hall–Kier alpha value is -3.42. The summed E-state index contributed by atoms with van der Waals surface area (Å²) in [6, 6.07) is 9.04. The number of benzene rings is 1. The summed E-state index contributed by atoms with van der Waals surface area (Å²) in [5, 5.41) is 10.8. The van der Waals surface area contributed by atoms with Crippen LogP contribution in [-0.4, -0.2) is 32.4 Å². The van der Waals surface area contributed by atoms with E-state index < -0.39 is 0 Å². The molecule has 29 heavy (non-hydrogen) atoms. The summed E-state index contributed by atoms with van der Waals surface area (Å²) in [7, 11) is 0. The Morgan fingerprint density at radius 2 is 2.14 bits per heavy atom. The van der Waals surface area contributed by atoms with Crippen molar-refractivity contribution in [3.8, 4) is 11.4 Å². The first-order valence-corrected chi connectivity index (χ1v) is 9.77. The fourth-order valence-corrected chi connectivity index (χ4v) is 3.24. The predicted octanol–water partition coefficient (Wildman–Crippen LogP) is 3.45. The van der Waals surface area contributed by atoms with Gasteiger partial charge >= 0.3 is 0 Å². The highest BCUT2D eigenvalue weighted by molar-refractivity contribution is 5.92. The van der Waals surface area contributed by atoms with Gasteiger partial charge in [-0.05, 0) is 56.4 Å². The van der Waals surface area contributed by atoms with E-state index in [2.05, 4.69) is 26.6 Å². The van der Waals surface area contributed by atoms with E-state index >= 15 is 0 Å². The normalized spacial score (nSPS) is 13.7. The molecule has 1 aliphatic carbocycles. The Morgan fingerprint density at radius 3 is 2.90 bits per heavy atom. The van der Waals surface area contributed by atoms with E-state index in [1.165, 1.54) is 24.7 Å². The van der Waals surface area contributed by atoms with Crippen molar-refractivity contribution in [2.75, 3.05) is 6.54 Å². The van der Waals surface area contributed by atoms with E-state index in [1.807, 2.05) is 24.3 Å². The number of hydrogen-bond acceptors (Lipinski definition) is 6. The third-order valence-electron chi connectivity index (χ3n) is 4.81. The maximum atomic E-state index is 12.2. The second-order valence-corrected chi connectivity index (χ2v) is 6.92. The molecule has 1 amide bonds. The molecule has 8 heteroatoms. The van der Waals surface area contributed by atoms with Crippen LogP contribution in [-0.2, 0) is 6.61 Å². The zero-order valence-corrected chi connectivity index (χ0v) is 16.1. The number of carbonyl (C=O) groups is 1. The van der Waals surface area contributed by atoms with Crippen LogP contribution < -0.4 is 10.1 Å². The molecular formula is C21H23N5O3. The van der Waals surface area contributed by atoms with Crippen LogP contribution in [0.15, 0.2) is 59.2 Å². The molecule has 0 radical (unpaired) electrons.